The summed E-state index contributed by atoms with van der Waals surface area (Å²) in [6.07, 6.45) is 123. The second-order valence-electron chi connectivity index (χ2n) is 31.9. The van der Waals surface area contributed by atoms with Crippen molar-refractivity contribution >= 4 is 19.8 Å². The van der Waals surface area contributed by atoms with E-state index in [1.54, 1.807) is 0 Å². The molecule has 0 rings (SSSR count). The fraction of sp³-hybridized carbons (Fsp3) is 0.792. The Hall–Kier alpha value is -3.33. The summed E-state index contributed by atoms with van der Waals surface area (Å²) in [6.45, 7) is 4.08. The summed E-state index contributed by atoms with van der Waals surface area (Å²) in [5.74, 6) is -0.809. The van der Waals surface area contributed by atoms with Gasteiger partial charge in [0.1, 0.15) is 19.8 Å². The molecule has 0 saturated carbocycles. The Balaban J connectivity index is 3.84. The molecule has 2 atom stereocenters. The first kappa shape index (κ1) is 103. The zero-order valence-electron chi connectivity index (χ0n) is 70.6. The minimum absolute atomic E-state index is 0.0293. The largest absolute Gasteiger partial charge is 0.756 e. The summed E-state index contributed by atoms with van der Waals surface area (Å²) in [6, 6.07) is 0. The molecular formula is C96H174NO8P. The first-order chi connectivity index (χ1) is 52.0. The Labute approximate surface area is 658 Å². The maximum absolute atomic E-state index is 12.9. The monoisotopic (exact) mass is 1500 g/mol. The highest BCUT2D eigenvalue weighted by Gasteiger charge is 2.22. The average molecular weight is 1500 g/mol. The summed E-state index contributed by atoms with van der Waals surface area (Å²) >= 11 is 0. The van der Waals surface area contributed by atoms with E-state index in [0.29, 0.717) is 17.4 Å². The normalized spacial score (nSPS) is 13.5. The van der Waals surface area contributed by atoms with Gasteiger partial charge in [0.15, 0.2) is 6.10 Å². The van der Waals surface area contributed by atoms with Crippen LogP contribution in [0.2, 0.25) is 0 Å². The summed E-state index contributed by atoms with van der Waals surface area (Å²) < 4.78 is 34.5. The van der Waals surface area contributed by atoms with Crippen molar-refractivity contribution in [3.8, 4) is 0 Å². The van der Waals surface area contributed by atoms with Crippen molar-refractivity contribution in [1.29, 1.82) is 0 Å². The number of allylic oxidation sites excluding steroid dienone is 18. The molecule has 0 amide bonds. The molecule has 0 aliphatic heterocycles. The lowest BCUT2D eigenvalue weighted by molar-refractivity contribution is -0.870. The molecule has 106 heavy (non-hydrogen) atoms. The van der Waals surface area contributed by atoms with E-state index in [-0.39, 0.29) is 32.0 Å². The fourth-order valence-corrected chi connectivity index (χ4v) is 14.2. The maximum atomic E-state index is 12.9. The number of likely N-dealkylation sites (N-methyl/N-ethyl adjacent to an activating group) is 1. The van der Waals surface area contributed by atoms with Crippen LogP contribution in [0.3, 0.4) is 0 Å². The Morgan fingerprint density at radius 3 is 0.755 bits per heavy atom. The molecule has 0 bridgehead atoms. The van der Waals surface area contributed by atoms with Crippen LogP contribution in [0.15, 0.2) is 109 Å². The predicted octanol–water partition coefficient (Wildman–Crippen LogP) is 30.4. The van der Waals surface area contributed by atoms with Crippen LogP contribution in [-0.2, 0) is 32.7 Å². The highest BCUT2D eigenvalue weighted by Crippen LogP contribution is 2.38. The molecule has 2 unspecified atom stereocenters. The molecular weight excluding hydrogens is 1330 g/mol. The van der Waals surface area contributed by atoms with Crippen molar-refractivity contribution in [3.05, 3.63) is 109 Å². The maximum Gasteiger partial charge on any atom is 0.306 e. The van der Waals surface area contributed by atoms with E-state index >= 15 is 0 Å². The Bertz CT molecular complexity index is 2170. The molecule has 0 spiro atoms. The highest BCUT2D eigenvalue weighted by molar-refractivity contribution is 7.45. The van der Waals surface area contributed by atoms with Crippen LogP contribution < -0.4 is 4.89 Å². The summed E-state index contributed by atoms with van der Waals surface area (Å²) in [4.78, 5) is 38.3. The number of unbranched alkanes of at least 4 members (excludes halogenated alkanes) is 53. The molecule has 0 aliphatic carbocycles. The van der Waals surface area contributed by atoms with Gasteiger partial charge in [0.2, 0.25) is 0 Å². The number of carbonyl (C=O) groups excluding carboxylic acids is 2. The van der Waals surface area contributed by atoms with Crippen molar-refractivity contribution in [2.75, 3.05) is 47.5 Å². The third-order valence-corrected chi connectivity index (χ3v) is 21.3. The van der Waals surface area contributed by atoms with Gasteiger partial charge in [-0.3, -0.25) is 14.2 Å². The van der Waals surface area contributed by atoms with Crippen LogP contribution in [0.5, 0.6) is 0 Å². The van der Waals surface area contributed by atoms with E-state index < -0.39 is 26.5 Å². The molecule has 616 valence electrons. The molecule has 0 N–H and O–H groups in total. The smallest absolute Gasteiger partial charge is 0.306 e. The first-order valence-electron chi connectivity index (χ1n) is 45.6. The van der Waals surface area contributed by atoms with Gasteiger partial charge in [0.05, 0.1) is 27.7 Å². The third-order valence-electron chi connectivity index (χ3n) is 20.3. The quantitative estimate of drug-likeness (QED) is 0.0195. The molecule has 0 radical (unpaired) electrons. The molecule has 0 aromatic carbocycles. The number of nitrogens with zero attached hydrogens (tertiary/aromatic N) is 1. The lowest BCUT2D eigenvalue weighted by Gasteiger charge is -2.28. The van der Waals surface area contributed by atoms with Gasteiger partial charge in [-0.25, -0.2) is 0 Å². The minimum atomic E-state index is -4.65. The van der Waals surface area contributed by atoms with Gasteiger partial charge in [0, 0.05) is 12.8 Å². The number of phosphoric acid groups is 1. The number of hydrogen-bond donors (Lipinski definition) is 0. The van der Waals surface area contributed by atoms with E-state index in [1.165, 1.54) is 315 Å². The topological polar surface area (TPSA) is 111 Å². The van der Waals surface area contributed by atoms with Crippen molar-refractivity contribution in [1.82, 2.24) is 0 Å². The lowest BCUT2D eigenvalue weighted by Crippen LogP contribution is -2.37. The molecule has 0 fully saturated rings. The second-order valence-corrected chi connectivity index (χ2v) is 33.3. The first-order valence-corrected chi connectivity index (χ1v) is 47.1. The number of esters is 2. The second kappa shape index (κ2) is 85.7. The Morgan fingerprint density at radius 2 is 0.509 bits per heavy atom. The molecule has 0 aromatic heterocycles. The van der Waals surface area contributed by atoms with Crippen LogP contribution in [-0.4, -0.2) is 70.0 Å². The molecule has 9 nitrogen and oxygen atoms in total. The van der Waals surface area contributed by atoms with E-state index in [1.807, 2.05) is 21.1 Å². The van der Waals surface area contributed by atoms with Crippen molar-refractivity contribution < 1.29 is 42.1 Å². The van der Waals surface area contributed by atoms with Gasteiger partial charge in [-0.2, -0.15) is 0 Å². The number of carbonyl (C=O) groups is 2. The van der Waals surface area contributed by atoms with E-state index in [0.717, 1.165) is 89.9 Å². The Kier molecular flexibility index (Phi) is 83.0. The summed E-state index contributed by atoms with van der Waals surface area (Å²) in [5.41, 5.74) is 0. The summed E-state index contributed by atoms with van der Waals surface area (Å²) in [5, 5.41) is 0. The van der Waals surface area contributed by atoms with Gasteiger partial charge in [-0.05, 0) is 96.3 Å². The zero-order valence-corrected chi connectivity index (χ0v) is 71.5. The minimum Gasteiger partial charge on any atom is -0.756 e. The highest BCUT2D eigenvalue weighted by atomic mass is 31.2. The van der Waals surface area contributed by atoms with Gasteiger partial charge >= 0.3 is 11.9 Å². The lowest BCUT2D eigenvalue weighted by atomic mass is 10.0. The zero-order chi connectivity index (χ0) is 76.8. The Morgan fingerprint density at radius 1 is 0.292 bits per heavy atom. The van der Waals surface area contributed by atoms with E-state index in [9.17, 15) is 19.0 Å². The van der Waals surface area contributed by atoms with Crippen LogP contribution in [0.4, 0.5) is 0 Å². The fourth-order valence-electron chi connectivity index (χ4n) is 13.4. The molecule has 0 aliphatic rings. The van der Waals surface area contributed by atoms with Crippen LogP contribution in [0.25, 0.3) is 0 Å². The standard InChI is InChI=1S/C96H174NO8P/c1-6-8-10-12-14-16-18-20-22-24-26-28-30-32-34-36-38-40-42-44-46-48-50-52-54-56-58-60-62-64-66-68-70-72-74-76-78-80-82-84-86-88-95(98)102-92-94(93-104-106(100,101)103-91-90-97(3,4)5)105-96(99)89-87-85-83-81-79-77-75-73-71-69-67-65-63-61-59-57-55-53-51-49-47-45-43-41-39-37-35-33-31-29-27-25-23-21-19-17-15-13-11-9-7-2/h8-11,14-17,20-23,26-29,33,35,94H,6-7,12-13,18-19,24-25,30-32,34,36-93H2,1-5H3/b10-8-,11-9-,16-14-,17-15-,22-20-,23-21-,28-26-,29-27-,35-33-. The van der Waals surface area contributed by atoms with Gasteiger partial charge < -0.3 is 27.9 Å². The third kappa shape index (κ3) is 89.6. The SMILES string of the molecule is CC/C=C\C/C=C\C/C=C\C/C=C\C/C=C\CCCCCCCCCCCCCCCCCCCCCCCCCCCC(=O)OC(COC(=O)CCCCCCCCCCCCCCCCCCCCCCCCCCCCCC/C=C\C/C=C\C/C=C\C/C=C\CC)COP(=O)([O-])OCC[N+](C)(C)C. The number of hydrogen-bond acceptors (Lipinski definition) is 8. The predicted molar refractivity (Wildman–Crippen MR) is 462 cm³/mol. The molecule has 0 saturated heterocycles. The number of rotatable bonds is 85. The van der Waals surface area contributed by atoms with Gasteiger partial charge in [-0.1, -0.05) is 438 Å². The number of ether oxygens (including phenoxy) is 2. The van der Waals surface area contributed by atoms with Crippen LogP contribution in [0.1, 0.15) is 438 Å². The van der Waals surface area contributed by atoms with E-state index in [4.69, 9.17) is 18.5 Å². The van der Waals surface area contributed by atoms with Crippen LogP contribution >= 0.6 is 7.82 Å². The average Bonchev–Trinajstić information content (AvgIpc) is 0.908. The molecule has 0 heterocycles. The number of quaternary nitrogens is 1. The molecule has 0 aromatic rings. The van der Waals surface area contributed by atoms with E-state index in [2.05, 4.69) is 123 Å². The summed E-state index contributed by atoms with van der Waals surface area (Å²) in [7, 11) is 1.19. The van der Waals surface area contributed by atoms with Gasteiger partial charge in [-0.15, -0.1) is 0 Å². The van der Waals surface area contributed by atoms with Gasteiger partial charge in [0.25, 0.3) is 7.82 Å². The van der Waals surface area contributed by atoms with Crippen molar-refractivity contribution in [2.24, 2.45) is 0 Å². The van der Waals surface area contributed by atoms with Crippen LogP contribution in [0, 0.1) is 0 Å². The molecule has 10 heteroatoms. The number of phosphoric ester groups is 1. The van der Waals surface area contributed by atoms with Crippen molar-refractivity contribution in [2.45, 2.75) is 444 Å². The van der Waals surface area contributed by atoms with Crippen molar-refractivity contribution in [3.63, 3.8) is 0 Å².